The van der Waals surface area contributed by atoms with E-state index in [1.165, 1.54) is 4.31 Å². The molecule has 0 fully saturated rings. The maximum atomic E-state index is 13.1. The van der Waals surface area contributed by atoms with Gasteiger partial charge in [-0.2, -0.15) is 11.8 Å². The first-order valence-electron chi connectivity index (χ1n) is 9.77. The summed E-state index contributed by atoms with van der Waals surface area (Å²) in [6.45, 7) is 9.10. The van der Waals surface area contributed by atoms with Gasteiger partial charge in [-0.05, 0) is 61.7 Å². The minimum absolute atomic E-state index is 0.158. The van der Waals surface area contributed by atoms with Crippen molar-refractivity contribution in [3.05, 3.63) is 54.1 Å². The highest BCUT2D eigenvalue weighted by Gasteiger charge is 2.23. The zero-order valence-corrected chi connectivity index (χ0v) is 20.6. The molecule has 30 heavy (non-hydrogen) atoms. The number of sulfonamides is 1. The van der Waals surface area contributed by atoms with Crippen LogP contribution in [0.2, 0.25) is 0 Å². The predicted octanol–water partition coefficient (Wildman–Crippen LogP) is 4.89. The molecule has 0 atom stereocenters. The van der Waals surface area contributed by atoms with Crippen molar-refractivity contribution in [1.82, 2.24) is 5.32 Å². The van der Waals surface area contributed by atoms with Crippen LogP contribution in [0.1, 0.15) is 38.1 Å². The largest absolute Gasteiger partial charge is 0.351 e. The minimum atomic E-state index is -3.67. The normalized spacial score (nSPS) is 11.9. The smallest absolute Gasteiger partial charge is 0.264 e. The molecule has 2 aromatic rings. The van der Waals surface area contributed by atoms with Crippen LogP contribution in [0.15, 0.2) is 58.3 Å². The van der Waals surface area contributed by atoms with E-state index in [0.717, 1.165) is 10.6 Å². The maximum absolute atomic E-state index is 13.1. The number of thioether (sulfide) groups is 2. The lowest BCUT2D eigenvalue weighted by Gasteiger charge is -2.23. The number of amides is 1. The van der Waals surface area contributed by atoms with Crippen molar-refractivity contribution in [2.75, 3.05) is 29.4 Å². The Morgan fingerprint density at radius 1 is 1.03 bits per heavy atom. The fraction of sp³-hybridized carbons (Fsp3) is 0.409. The van der Waals surface area contributed by atoms with Crippen molar-refractivity contribution >= 4 is 45.1 Å². The molecule has 2 aromatic carbocycles. The number of nitrogens with one attached hydrogen (secondary N) is 1. The van der Waals surface area contributed by atoms with Gasteiger partial charge in [0.1, 0.15) is 0 Å². The fourth-order valence-electron chi connectivity index (χ4n) is 2.77. The number of rotatable bonds is 9. The third kappa shape index (κ3) is 6.68. The molecule has 1 amide bonds. The molecule has 8 heteroatoms. The van der Waals surface area contributed by atoms with Gasteiger partial charge in [-0.25, -0.2) is 8.42 Å². The van der Waals surface area contributed by atoms with Gasteiger partial charge in [-0.1, -0.05) is 20.8 Å². The maximum Gasteiger partial charge on any atom is 0.264 e. The van der Waals surface area contributed by atoms with Crippen molar-refractivity contribution in [3.63, 3.8) is 0 Å². The van der Waals surface area contributed by atoms with Crippen molar-refractivity contribution in [1.29, 1.82) is 0 Å². The number of hydrogen-bond donors (Lipinski definition) is 1. The molecule has 0 radical (unpaired) electrons. The summed E-state index contributed by atoms with van der Waals surface area (Å²) in [5.74, 6) is 0.680. The van der Waals surface area contributed by atoms with Crippen LogP contribution in [-0.4, -0.2) is 44.2 Å². The van der Waals surface area contributed by atoms with E-state index in [9.17, 15) is 13.2 Å². The SMILES string of the molecule is CCN(c1ccc(C(=O)NCCSC(C)(C)C)cc1)S(=O)(=O)c1ccc(SC)cc1. The number of hydrogen-bond acceptors (Lipinski definition) is 5. The molecule has 1 N–H and O–H groups in total. The molecule has 0 aliphatic carbocycles. The van der Waals surface area contributed by atoms with Crippen molar-refractivity contribution in [3.8, 4) is 0 Å². The number of nitrogens with zero attached hydrogens (tertiary/aromatic N) is 1. The predicted molar refractivity (Wildman–Crippen MR) is 129 cm³/mol. The summed E-state index contributed by atoms with van der Waals surface area (Å²) in [4.78, 5) is 13.6. The molecule has 0 bridgehead atoms. The highest BCUT2D eigenvalue weighted by atomic mass is 32.2. The fourth-order valence-corrected chi connectivity index (χ4v) is 5.47. The van der Waals surface area contributed by atoms with Crippen LogP contribution < -0.4 is 9.62 Å². The van der Waals surface area contributed by atoms with E-state index in [2.05, 4.69) is 26.1 Å². The topological polar surface area (TPSA) is 66.5 Å². The second kappa shape index (κ2) is 10.6. The van der Waals surface area contributed by atoms with Gasteiger partial charge in [0.2, 0.25) is 0 Å². The Bertz CT molecular complexity index is 935. The molecular weight excluding hydrogens is 436 g/mol. The lowest BCUT2D eigenvalue weighted by atomic mass is 10.2. The first kappa shape index (κ1) is 24.6. The number of benzene rings is 2. The number of carbonyl (C=O) groups is 1. The van der Waals surface area contributed by atoms with Gasteiger partial charge in [-0.3, -0.25) is 9.10 Å². The molecular formula is C22H30N2O3S3. The van der Waals surface area contributed by atoms with Gasteiger partial charge in [0, 0.05) is 34.0 Å². The summed E-state index contributed by atoms with van der Waals surface area (Å²) < 4.78 is 27.7. The summed E-state index contributed by atoms with van der Waals surface area (Å²) in [5, 5.41) is 2.91. The minimum Gasteiger partial charge on any atom is -0.351 e. The van der Waals surface area contributed by atoms with E-state index in [4.69, 9.17) is 0 Å². The lowest BCUT2D eigenvalue weighted by Crippen LogP contribution is -2.31. The Morgan fingerprint density at radius 3 is 2.13 bits per heavy atom. The van der Waals surface area contributed by atoms with Gasteiger partial charge in [0.15, 0.2) is 0 Å². The van der Waals surface area contributed by atoms with Crippen molar-refractivity contribution < 1.29 is 13.2 Å². The van der Waals surface area contributed by atoms with E-state index in [1.54, 1.807) is 79.0 Å². The van der Waals surface area contributed by atoms with Crippen LogP contribution in [0.5, 0.6) is 0 Å². The van der Waals surface area contributed by atoms with E-state index < -0.39 is 10.0 Å². The highest BCUT2D eigenvalue weighted by molar-refractivity contribution is 8.00. The number of carbonyl (C=O) groups excluding carboxylic acids is 1. The van der Waals surface area contributed by atoms with E-state index in [1.807, 2.05) is 6.26 Å². The summed E-state index contributed by atoms with van der Waals surface area (Å²) >= 11 is 3.36. The average molecular weight is 467 g/mol. The Kier molecular flexibility index (Phi) is 8.70. The Hall–Kier alpha value is -1.64. The van der Waals surface area contributed by atoms with Crippen LogP contribution in [0.4, 0.5) is 5.69 Å². The zero-order valence-electron chi connectivity index (χ0n) is 18.1. The van der Waals surface area contributed by atoms with E-state index in [0.29, 0.717) is 24.3 Å². The monoisotopic (exact) mass is 466 g/mol. The van der Waals surface area contributed by atoms with Crippen LogP contribution >= 0.6 is 23.5 Å². The summed E-state index contributed by atoms with van der Waals surface area (Å²) in [7, 11) is -3.67. The van der Waals surface area contributed by atoms with Crippen LogP contribution in [0, 0.1) is 0 Å². The standard InChI is InChI=1S/C22H30N2O3S3/c1-6-24(30(26,27)20-13-11-19(28-5)12-14-20)18-9-7-17(8-10-18)21(25)23-15-16-29-22(2,3)4/h7-14H,6,15-16H2,1-5H3,(H,23,25). The molecule has 5 nitrogen and oxygen atoms in total. The quantitative estimate of drug-likeness (QED) is 0.421. The Balaban J connectivity index is 2.09. The third-order valence-electron chi connectivity index (χ3n) is 4.27. The van der Waals surface area contributed by atoms with Crippen LogP contribution in [-0.2, 0) is 10.0 Å². The van der Waals surface area contributed by atoms with Gasteiger partial charge in [-0.15, -0.1) is 11.8 Å². The third-order valence-corrected chi connectivity index (χ3v) is 8.21. The van der Waals surface area contributed by atoms with Gasteiger partial charge < -0.3 is 5.32 Å². The second-order valence-corrected chi connectivity index (χ2v) is 12.3. The molecule has 2 rings (SSSR count). The van der Waals surface area contributed by atoms with E-state index in [-0.39, 0.29) is 15.5 Å². The Morgan fingerprint density at radius 2 is 1.63 bits per heavy atom. The van der Waals surface area contributed by atoms with Crippen LogP contribution in [0.3, 0.4) is 0 Å². The van der Waals surface area contributed by atoms with Crippen molar-refractivity contribution in [2.24, 2.45) is 0 Å². The average Bonchev–Trinajstić information content (AvgIpc) is 2.71. The number of anilines is 1. The first-order valence-corrected chi connectivity index (χ1v) is 13.4. The van der Waals surface area contributed by atoms with Crippen LogP contribution in [0.25, 0.3) is 0 Å². The van der Waals surface area contributed by atoms with E-state index >= 15 is 0 Å². The molecule has 0 spiro atoms. The lowest BCUT2D eigenvalue weighted by molar-refractivity contribution is 0.0956. The Labute approximate surface area is 189 Å². The highest BCUT2D eigenvalue weighted by Crippen LogP contribution is 2.26. The second-order valence-electron chi connectivity index (χ2n) is 7.61. The molecule has 0 unspecified atom stereocenters. The summed E-state index contributed by atoms with van der Waals surface area (Å²) in [6.07, 6.45) is 1.95. The molecule has 164 valence electrons. The molecule has 0 aromatic heterocycles. The zero-order chi connectivity index (χ0) is 22.4. The first-order chi connectivity index (χ1) is 14.1. The molecule has 0 heterocycles. The molecule has 0 aliphatic heterocycles. The van der Waals surface area contributed by atoms with Gasteiger partial charge in [0.05, 0.1) is 10.6 Å². The summed E-state index contributed by atoms with van der Waals surface area (Å²) in [6, 6.07) is 13.5. The molecule has 0 aliphatic rings. The molecule has 0 saturated heterocycles. The van der Waals surface area contributed by atoms with Gasteiger partial charge in [0.25, 0.3) is 15.9 Å². The molecule has 0 saturated carbocycles. The van der Waals surface area contributed by atoms with Crippen molar-refractivity contribution in [2.45, 2.75) is 42.2 Å². The van der Waals surface area contributed by atoms with Gasteiger partial charge >= 0.3 is 0 Å². The summed E-state index contributed by atoms with van der Waals surface area (Å²) in [5.41, 5.74) is 1.04.